The van der Waals surface area contributed by atoms with Gasteiger partial charge in [-0.1, -0.05) is 17.7 Å². The second-order valence-corrected chi connectivity index (χ2v) is 7.53. The number of pyridine rings is 1. The van der Waals surface area contributed by atoms with E-state index in [1.165, 1.54) is 0 Å². The Balaban J connectivity index is 1.77. The molecule has 1 aromatic carbocycles. The predicted octanol–water partition coefficient (Wildman–Crippen LogP) is 3.67. The second kappa shape index (κ2) is 7.81. The average Bonchev–Trinajstić information content (AvgIpc) is 2.68. The van der Waals surface area contributed by atoms with Crippen molar-refractivity contribution in [2.24, 2.45) is 0 Å². The molecule has 3 aromatic rings. The normalized spacial score (nSPS) is 15.6. The molecule has 0 saturated carbocycles. The van der Waals surface area contributed by atoms with Crippen molar-refractivity contribution in [3.8, 4) is 0 Å². The van der Waals surface area contributed by atoms with Crippen molar-refractivity contribution in [2.75, 3.05) is 36.5 Å². The quantitative estimate of drug-likeness (QED) is 0.726. The van der Waals surface area contributed by atoms with E-state index in [0.29, 0.717) is 29.7 Å². The number of hydrogen-bond donors (Lipinski definition) is 1. The molecule has 0 radical (unpaired) electrons. The van der Waals surface area contributed by atoms with Crippen LogP contribution in [0.5, 0.6) is 0 Å². The molecular formula is C21H23ClN4O2. The zero-order valence-corrected chi connectivity index (χ0v) is 16.7. The van der Waals surface area contributed by atoms with E-state index >= 15 is 0 Å². The molecule has 1 fully saturated rings. The van der Waals surface area contributed by atoms with Gasteiger partial charge in [-0.05, 0) is 43.7 Å². The van der Waals surface area contributed by atoms with Crippen molar-refractivity contribution in [3.05, 3.63) is 69.1 Å². The van der Waals surface area contributed by atoms with E-state index in [1.807, 2.05) is 37.4 Å². The van der Waals surface area contributed by atoms with E-state index in [1.54, 1.807) is 10.5 Å². The largest absolute Gasteiger partial charge is 0.378 e. The molecule has 1 unspecified atom stereocenters. The number of nitrogens with zero attached hydrogens (tertiary/aromatic N) is 3. The molecule has 1 N–H and O–H groups in total. The number of fused-ring (bicyclic) bond motifs is 1. The number of anilines is 2. The summed E-state index contributed by atoms with van der Waals surface area (Å²) in [6, 6.07) is 11.2. The van der Waals surface area contributed by atoms with Crippen LogP contribution in [0.2, 0.25) is 5.02 Å². The third kappa shape index (κ3) is 3.84. The van der Waals surface area contributed by atoms with Crippen LogP contribution in [0.15, 0.2) is 47.4 Å². The first kappa shape index (κ1) is 18.8. The average molecular weight is 399 g/mol. The van der Waals surface area contributed by atoms with Gasteiger partial charge in [0.25, 0.3) is 5.56 Å². The molecule has 2 aromatic heterocycles. The topological polar surface area (TPSA) is 58.9 Å². The zero-order valence-electron chi connectivity index (χ0n) is 16.0. The van der Waals surface area contributed by atoms with Crippen LogP contribution >= 0.6 is 11.6 Å². The molecule has 1 aliphatic rings. The van der Waals surface area contributed by atoms with E-state index in [4.69, 9.17) is 21.3 Å². The Hall–Kier alpha value is -2.57. The summed E-state index contributed by atoms with van der Waals surface area (Å²) in [6.07, 6.45) is 1.84. The van der Waals surface area contributed by atoms with Gasteiger partial charge in [0.15, 0.2) is 0 Å². The van der Waals surface area contributed by atoms with Gasteiger partial charge in [0.1, 0.15) is 11.5 Å². The van der Waals surface area contributed by atoms with Gasteiger partial charge in [0.2, 0.25) is 0 Å². The minimum atomic E-state index is -0.0774. The number of rotatable bonds is 4. The lowest BCUT2D eigenvalue weighted by atomic mass is 10.1. The number of ether oxygens (including phenoxy) is 1. The van der Waals surface area contributed by atoms with Crippen LogP contribution in [0.1, 0.15) is 24.1 Å². The van der Waals surface area contributed by atoms with Crippen molar-refractivity contribution in [2.45, 2.75) is 19.9 Å². The van der Waals surface area contributed by atoms with Crippen molar-refractivity contribution in [3.63, 3.8) is 0 Å². The van der Waals surface area contributed by atoms with Crippen LogP contribution in [-0.4, -0.2) is 35.7 Å². The van der Waals surface area contributed by atoms with Gasteiger partial charge in [0, 0.05) is 41.6 Å². The van der Waals surface area contributed by atoms with Crippen LogP contribution in [0.25, 0.3) is 5.65 Å². The van der Waals surface area contributed by atoms with Gasteiger partial charge in [-0.3, -0.25) is 9.20 Å². The first-order valence-corrected chi connectivity index (χ1v) is 9.78. The first-order valence-electron chi connectivity index (χ1n) is 9.40. The zero-order chi connectivity index (χ0) is 19.7. The molecule has 3 heterocycles. The minimum Gasteiger partial charge on any atom is -0.378 e. The van der Waals surface area contributed by atoms with E-state index in [2.05, 4.69) is 23.2 Å². The number of nitrogens with one attached hydrogen (secondary N) is 1. The molecule has 146 valence electrons. The molecule has 0 amide bonds. The molecule has 7 heteroatoms. The predicted molar refractivity (Wildman–Crippen MR) is 113 cm³/mol. The summed E-state index contributed by atoms with van der Waals surface area (Å²) in [5.74, 6) is 0.702. The van der Waals surface area contributed by atoms with E-state index in [-0.39, 0.29) is 11.6 Å². The van der Waals surface area contributed by atoms with Crippen molar-refractivity contribution < 1.29 is 4.74 Å². The first-order chi connectivity index (χ1) is 13.5. The monoisotopic (exact) mass is 398 g/mol. The lowest BCUT2D eigenvalue weighted by Crippen LogP contribution is -2.37. The minimum absolute atomic E-state index is 0.0554. The van der Waals surface area contributed by atoms with E-state index in [9.17, 15) is 4.79 Å². The number of halogens is 1. The third-order valence-electron chi connectivity index (χ3n) is 4.92. The van der Waals surface area contributed by atoms with Gasteiger partial charge in [-0.15, -0.1) is 0 Å². The maximum atomic E-state index is 12.8. The van der Waals surface area contributed by atoms with Gasteiger partial charge in [0.05, 0.1) is 19.3 Å². The van der Waals surface area contributed by atoms with Crippen LogP contribution < -0.4 is 15.8 Å². The summed E-state index contributed by atoms with van der Waals surface area (Å²) >= 11 is 6.11. The second-order valence-electron chi connectivity index (χ2n) is 7.09. The SMILES string of the molecule is Cc1cc(C(C)Nc2cccc(Cl)c2)c2nc(N3CCOCC3)cc(=O)n2c1. The standard InChI is InChI=1S/C21H23ClN4O2/c1-14-10-18(15(2)23-17-5-3-4-16(22)11-17)21-24-19(12-20(27)26(21)13-14)25-6-8-28-9-7-25/h3-5,10-13,15,23H,6-9H2,1-2H3. The summed E-state index contributed by atoms with van der Waals surface area (Å²) < 4.78 is 7.05. The maximum Gasteiger partial charge on any atom is 0.259 e. The fourth-order valence-corrected chi connectivity index (χ4v) is 3.73. The lowest BCUT2D eigenvalue weighted by Gasteiger charge is -2.28. The molecule has 1 atom stereocenters. The maximum absolute atomic E-state index is 12.8. The summed E-state index contributed by atoms with van der Waals surface area (Å²) in [5, 5.41) is 4.14. The molecule has 6 nitrogen and oxygen atoms in total. The Kier molecular flexibility index (Phi) is 5.24. The van der Waals surface area contributed by atoms with Crippen LogP contribution in [0.4, 0.5) is 11.5 Å². The van der Waals surface area contributed by atoms with Crippen LogP contribution in [0.3, 0.4) is 0 Å². The fraction of sp³-hybridized carbons (Fsp3) is 0.333. The molecule has 0 aliphatic carbocycles. The molecule has 4 rings (SSSR count). The van der Waals surface area contributed by atoms with Crippen molar-refractivity contribution >= 4 is 28.8 Å². The van der Waals surface area contributed by atoms with Crippen molar-refractivity contribution in [1.82, 2.24) is 9.38 Å². The highest BCUT2D eigenvalue weighted by Crippen LogP contribution is 2.25. The number of benzene rings is 1. The van der Waals surface area contributed by atoms with E-state index < -0.39 is 0 Å². The summed E-state index contributed by atoms with van der Waals surface area (Å²) in [4.78, 5) is 19.7. The molecule has 28 heavy (non-hydrogen) atoms. The Morgan fingerprint density at radius 2 is 2.00 bits per heavy atom. The Morgan fingerprint density at radius 3 is 2.75 bits per heavy atom. The summed E-state index contributed by atoms with van der Waals surface area (Å²) in [6.45, 7) is 6.81. The highest BCUT2D eigenvalue weighted by molar-refractivity contribution is 6.30. The molecule has 0 spiro atoms. The molecule has 0 bridgehead atoms. The van der Waals surface area contributed by atoms with Gasteiger partial charge in [-0.25, -0.2) is 4.98 Å². The number of morpholine rings is 1. The number of hydrogen-bond acceptors (Lipinski definition) is 5. The van der Waals surface area contributed by atoms with Crippen LogP contribution in [-0.2, 0) is 4.74 Å². The Labute approximate surface area is 168 Å². The van der Waals surface area contributed by atoms with Gasteiger partial charge >= 0.3 is 0 Å². The molecular weight excluding hydrogens is 376 g/mol. The van der Waals surface area contributed by atoms with Crippen LogP contribution in [0, 0.1) is 6.92 Å². The lowest BCUT2D eigenvalue weighted by molar-refractivity contribution is 0.122. The number of aromatic nitrogens is 2. The van der Waals surface area contributed by atoms with E-state index in [0.717, 1.165) is 29.9 Å². The third-order valence-corrected chi connectivity index (χ3v) is 5.16. The van der Waals surface area contributed by atoms with Gasteiger partial charge < -0.3 is 15.0 Å². The molecule has 1 saturated heterocycles. The number of aryl methyl sites for hydroxylation is 1. The smallest absolute Gasteiger partial charge is 0.259 e. The van der Waals surface area contributed by atoms with Crippen molar-refractivity contribution in [1.29, 1.82) is 0 Å². The fourth-order valence-electron chi connectivity index (χ4n) is 3.54. The Bertz CT molecular complexity index is 1060. The highest BCUT2D eigenvalue weighted by Gasteiger charge is 2.18. The Morgan fingerprint density at radius 1 is 1.21 bits per heavy atom. The van der Waals surface area contributed by atoms with Gasteiger partial charge in [-0.2, -0.15) is 0 Å². The highest BCUT2D eigenvalue weighted by atomic mass is 35.5. The summed E-state index contributed by atoms with van der Waals surface area (Å²) in [5.41, 5.74) is 3.48. The summed E-state index contributed by atoms with van der Waals surface area (Å²) in [7, 11) is 0. The molecule has 1 aliphatic heterocycles.